The van der Waals surface area contributed by atoms with E-state index in [-0.39, 0.29) is 24.1 Å². The molecule has 198 valence electrons. The van der Waals surface area contributed by atoms with Gasteiger partial charge in [0.25, 0.3) is 5.91 Å². The molecule has 38 heavy (non-hydrogen) atoms. The highest BCUT2D eigenvalue weighted by Gasteiger charge is 2.21. The molecule has 7 nitrogen and oxygen atoms in total. The maximum Gasteiger partial charge on any atom is 0.251 e. The van der Waals surface area contributed by atoms with Gasteiger partial charge in [-0.05, 0) is 30.7 Å². The van der Waals surface area contributed by atoms with E-state index in [2.05, 4.69) is 28.1 Å². The summed E-state index contributed by atoms with van der Waals surface area (Å²) in [6, 6.07) is 20.0. The molecule has 1 N–H and O–H groups in total. The lowest BCUT2D eigenvalue weighted by atomic mass is 10.0. The minimum absolute atomic E-state index is 0. The number of thiazole rings is 1. The van der Waals surface area contributed by atoms with Gasteiger partial charge in [0.15, 0.2) is 10.9 Å². The molecule has 5 rings (SSSR count). The van der Waals surface area contributed by atoms with Crippen LogP contribution in [0.15, 0.2) is 66.7 Å². The lowest BCUT2D eigenvalue weighted by Crippen LogP contribution is -2.48. The zero-order chi connectivity index (χ0) is 25.8. The van der Waals surface area contributed by atoms with Crippen molar-refractivity contribution in [2.24, 2.45) is 0 Å². The van der Waals surface area contributed by atoms with Gasteiger partial charge in [0.05, 0.1) is 11.8 Å². The SMILES string of the molecule is COc1ccc(C)c2sc(N3CCN(CCNC(=O)c4ccc(C(=O)c5ccccc5)cc4)CC3)nc12.Cl. The minimum atomic E-state index is -0.129. The van der Waals surface area contributed by atoms with E-state index >= 15 is 0 Å². The van der Waals surface area contributed by atoms with E-state index < -0.39 is 0 Å². The molecule has 4 aromatic rings. The molecule has 0 spiro atoms. The summed E-state index contributed by atoms with van der Waals surface area (Å²) in [6.07, 6.45) is 0. The van der Waals surface area contributed by atoms with Crippen LogP contribution >= 0.6 is 23.7 Å². The van der Waals surface area contributed by atoms with Gasteiger partial charge in [0.1, 0.15) is 11.3 Å². The van der Waals surface area contributed by atoms with Crippen molar-refractivity contribution in [3.63, 3.8) is 0 Å². The van der Waals surface area contributed by atoms with Crippen molar-refractivity contribution >= 4 is 50.8 Å². The molecule has 9 heteroatoms. The Morgan fingerprint density at radius 2 is 1.58 bits per heavy atom. The number of benzene rings is 3. The molecule has 3 aromatic carbocycles. The van der Waals surface area contributed by atoms with E-state index in [0.717, 1.165) is 49.1 Å². The first kappa shape index (κ1) is 27.6. The van der Waals surface area contributed by atoms with Crippen LogP contribution in [0.25, 0.3) is 10.2 Å². The Labute approximate surface area is 232 Å². The number of rotatable bonds is 8. The molecule has 0 aliphatic carbocycles. The second-order valence-electron chi connectivity index (χ2n) is 9.12. The van der Waals surface area contributed by atoms with Crippen molar-refractivity contribution in [1.29, 1.82) is 0 Å². The van der Waals surface area contributed by atoms with Crippen molar-refractivity contribution in [1.82, 2.24) is 15.2 Å². The molecule has 0 unspecified atom stereocenters. The molecule has 1 fully saturated rings. The van der Waals surface area contributed by atoms with E-state index in [4.69, 9.17) is 9.72 Å². The lowest BCUT2D eigenvalue weighted by Gasteiger charge is -2.34. The summed E-state index contributed by atoms with van der Waals surface area (Å²) in [5.41, 5.74) is 3.91. The number of carbonyl (C=O) groups excluding carboxylic acids is 2. The normalized spacial score (nSPS) is 13.7. The van der Waals surface area contributed by atoms with E-state index in [1.165, 1.54) is 10.3 Å². The van der Waals surface area contributed by atoms with Crippen LogP contribution in [0, 0.1) is 6.92 Å². The third-order valence-corrected chi connectivity index (χ3v) is 7.97. The number of carbonyl (C=O) groups is 2. The van der Waals surface area contributed by atoms with Crippen LogP contribution in [0.3, 0.4) is 0 Å². The second kappa shape index (κ2) is 12.4. The number of piperazine rings is 1. The monoisotopic (exact) mass is 550 g/mol. The van der Waals surface area contributed by atoms with Gasteiger partial charge in [0.2, 0.25) is 0 Å². The van der Waals surface area contributed by atoms with Gasteiger partial charge in [-0.25, -0.2) is 4.98 Å². The molecule has 1 aliphatic rings. The molecule has 0 saturated carbocycles. The Balaban J connectivity index is 0.00000336. The van der Waals surface area contributed by atoms with Gasteiger partial charge in [-0.3, -0.25) is 14.5 Å². The number of aryl methyl sites for hydroxylation is 1. The van der Waals surface area contributed by atoms with Crippen molar-refractivity contribution in [2.75, 3.05) is 51.3 Å². The van der Waals surface area contributed by atoms with Gasteiger partial charge >= 0.3 is 0 Å². The highest BCUT2D eigenvalue weighted by atomic mass is 35.5. The van der Waals surface area contributed by atoms with Gasteiger partial charge in [0, 0.05) is 56.0 Å². The minimum Gasteiger partial charge on any atom is -0.494 e. The largest absolute Gasteiger partial charge is 0.494 e. The Hall–Kier alpha value is -3.46. The van der Waals surface area contributed by atoms with Gasteiger partial charge in [-0.15, -0.1) is 12.4 Å². The van der Waals surface area contributed by atoms with Crippen molar-refractivity contribution < 1.29 is 14.3 Å². The maximum absolute atomic E-state index is 12.6. The number of ketones is 1. The summed E-state index contributed by atoms with van der Waals surface area (Å²) in [4.78, 5) is 34.7. The molecule has 1 amide bonds. The highest BCUT2D eigenvalue weighted by Crippen LogP contribution is 2.36. The number of nitrogens with one attached hydrogen (secondary N) is 1. The van der Waals surface area contributed by atoms with Crippen molar-refractivity contribution in [3.05, 3.63) is 89.0 Å². The van der Waals surface area contributed by atoms with Crippen LogP contribution in [0.5, 0.6) is 5.75 Å². The fraction of sp³-hybridized carbons (Fsp3) is 0.276. The topological polar surface area (TPSA) is 74.8 Å². The zero-order valence-electron chi connectivity index (χ0n) is 21.5. The number of methoxy groups -OCH3 is 1. The van der Waals surface area contributed by atoms with Crippen LogP contribution in [-0.4, -0.2) is 68.0 Å². The molecule has 0 radical (unpaired) electrons. The molecular weight excluding hydrogens is 520 g/mol. The number of fused-ring (bicyclic) bond motifs is 1. The molecular formula is C29H31ClN4O3S. The predicted octanol–water partition coefficient (Wildman–Crippen LogP) is 4.82. The summed E-state index contributed by atoms with van der Waals surface area (Å²) < 4.78 is 6.68. The van der Waals surface area contributed by atoms with E-state index in [9.17, 15) is 9.59 Å². The zero-order valence-corrected chi connectivity index (χ0v) is 23.1. The molecule has 1 aliphatic heterocycles. The molecule has 1 aromatic heterocycles. The predicted molar refractivity (Wildman–Crippen MR) is 155 cm³/mol. The summed E-state index contributed by atoms with van der Waals surface area (Å²) in [6.45, 7) is 7.08. The van der Waals surface area contributed by atoms with Gasteiger partial charge in [-0.2, -0.15) is 0 Å². The molecule has 0 bridgehead atoms. The van der Waals surface area contributed by atoms with Crippen LogP contribution in [0.1, 0.15) is 31.8 Å². The average molecular weight is 551 g/mol. The number of ether oxygens (including phenoxy) is 1. The standard InChI is InChI=1S/C29H30N4O3S.ClH/c1-20-8-13-24(36-2)25-27(20)37-29(31-25)33-18-16-32(17-19-33)15-14-30-28(35)23-11-9-22(10-12-23)26(34)21-6-4-3-5-7-21;/h3-13H,14-19H2,1-2H3,(H,30,35);1H. The van der Waals surface area contributed by atoms with E-state index in [0.29, 0.717) is 23.2 Å². The van der Waals surface area contributed by atoms with E-state index in [1.807, 2.05) is 24.3 Å². The Bertz CT molecular complexity index is 1400. The molecule has 1 saturated heterocycles. The summed E-state index contributed by atoms with van der Waals surface area (Å²) in [5, 5.41) is 4.04. The number of hydrogen-bond acceptors (Lipinski definition) is 7. The molecule has 2 heterocycles. The van der Waals surface area contributed by atoms with Crippen LogP contribution in [0.2, 0.25) is 0 Å². The number of anilines is 1. The lowest BCUT2D eigenvalue weighted by molar-refractivity contribution is 0.0946. The van der Waals surface area contributed by atoms with Crippen molar-refractivity contribution in [2.45, 2.75) is 6.92 Å². The first-order valence-electron chi connectivity index (χ1n) is 12.4. The van der Waals surface area contributed by atoms with Gasteiger partial charge in [-0.1, -0.05) is 59.9 Å². The summed E-state index contributed by atoms with van der Waals surface area (Å²) in [7, 11) is 1.68. The number of nitrogens with zero attached hydrogens (tertiary/aromatic N) is 3. The number of hydrogen-bond donors (Lipinski definition) is 1. The Kier molecular flexibility index (Phi) is 8.99. The molecule has 0 atom stereocenters. The Morgan fingerprint density at radius 3 is 2.26 bits per heavy atom. The Morgan fingerprint density at radius 1 is 0.921 bits per heavy atom. The first-order valence-corrected chi connectivity index (χ1v) is 13.2. The fourth-order valence-electron chi connectivity index (χ4n) is 4.52. The number of amides is 1. The van der Waals surface area contributed by atoms with E-state index in [1.54, 1.807) is 54.8 Å². The van der Waals surface area contributed by atoms with Gasteiger partial charge < -0.3 is 15.0 Å². The number of aromatic nitrogens is 1. The average Bonchev–Trinajstić information content (AvgIpc) is 3.40. The summed E-state index contributed by atoms with van der Waals surface area (Å²) >= 11 is 1.72. The quantitative estimate of drug-likeness (QED) is 0.317. The smallest absolute Gasteiger partial charge is 0.251 e. The highest BCUT2D eigenvalue weighted by molar-refractivity contribution is 7.22. The third-order valence-electron chi connectivity index (χ3n) is 6.71. The first-order chi connectivity index (χ1) is 18.0. The summed E-state index contributed by atoms with van der Waals surface area (Å²) in [5.74, 6) is 0.637. The van der Waals surface area contributed by atoms with Crippen LogP contribution in [0.4, 0.5) is 5.13 Å². The second-order valence-corrected chi connectivity index (χ2v) is 10.1. The third kappa shape index (κ3) is 5.99. The maximum atomic E-state index is 12.6. The number of halogens is 1. The van der Waals surface area contributed by atoms with Crippen LogP contribution < -0.4 is 15.0 Å². The van der Waals surface area contributed by atoms with Crippen LogP contribution in [-0.2, 0) is 0 Å². The van der Waals surface area contributed by atoms with Crippen molar-refractivity contribution in [3.8, 4) is 5.75 Å². The fourth-order valence-corrected chi connectivity index (χ4v) is 5.62.